The Bertz CT molecular complexity index is 952. The molecule has 134 valence electrons. The SMILES string of the molecule is CC[C@H](Sc1nc(C2CC2)nc2ccccc12)C(=O)Nc1cc(C)on1. The third-order valence-corrected chi connectivity index (χ3v) is 5.69. The second kappa shape index (κ2) is 7.07. The van der Waals surface area contributed by atoms with Crippen LogP contribution >= 0.6 is 11.8 Å². The van der Waals surface area contributed by atoms with Gasteiger partial charge in [0.05, 0.1) is 10.8 Å². The monoisotopic (exact) mass is 368 g/mol. The number of aryl methyl sites for hydroxylation is 1. The van der Waals surface area contributed by atoms with Gasteiger partial charge in [-0.15, -0.1) is 0 Å². The minimum atomic E-state index is -0.266. The van der Waals surface area contributed by atoms with Crippen molar-refractivity contribution in [2.75, 3.05) is 5.32 Å². The zero-order valence-electron chi connectivity index (χ0n) is 14.7. The molecule has 1 aromatic carbocycles. The number of anilines is 1. The molecule has 6 nitrogen and oxygen atoms in total. The molecule has 1 atom stereocenters. The first kappa shape index (κ1) is 17.0. The van der Waals surface area contributed by atoms with Crippen LogP contribution in [0.5, 0.6) is 0 Å². The first-order valence-electron chi connectivity index (χ1n) is 8.81. The van der Waals surface area contributed by atoms with Crippen molar-refractivity contribution < 1.29 is 9.32 Å². The Balaban J connectivity index is 1.60. The number of fused-ring (bicyclic) bond motifs is 1. The summed E-state index contributed by atoms with van der Waals surface area (Å²) in [5.74, 6) is 2.37. The smallest absolute Gasteiger partial charge is 0.239 e. The number of benzene rings is 1. The predicted molar refractivity (Wildman–Crippen MR) is 101 cm³/mol. The van der Waals surface area contributed by atoms with Gasteiger partial charge in [-0.3, -0.25) is 4.79 Å². The molecule has 4 rings (SSSR count). The summed E-state index contributed by atoms with van der Waals surface area (Å²) in [6, 6.07) is 9.69. The van der Waals surface area contributed by atoms with Crippen LogP contribution in [0.25, 0.3) is 10.9 Å². The van der Waals surface area contributed by atoms with Crippen molar-refractivity contribution in [1.82, 2.24) is 15.1 Å². The average molecular weight is 368 g/mol. The van der Waals surface area contributed by atoms with Crippen molar-refractivity contribution in [3.8, 4) is 0 Å². The fourth-order valence-electron chi connectivity index (χ4n) is 2.77. The molecule has 1 fully saturated rings. The van der Waals surface area contributed by atoms with Gasteiger partial charge in [0.1, 0.15) is 16.6 Å². The van der Waals surface area contributed by atoms with Crippen molar-refractivity contribution in [2.24, 2.45) is 0 Å². The number of carbonyl (C=O) groups excluding carboxylic acids is 1. The van der Waals surface area contributed by atoms with E-state index in [1.807, 2.05) is 31.2 Å². The lowest BCUT2D eigenvalue weighted by atomic mass is 10.2. The van der Waals surface area contributed by atoms with Gasteiger partial charge >= 0.3 is 0 Å². The fraction of sp³-hybridized carbons (Fsp3) is 0.368. The summed E-state index contributed by atoms with van der Waals surface area (Å²) in [4.78, 5) is 22.1. The Kier molecular flexibility index (Phi) is 4.63. The first-order chi connectivity index (χ1) is 12.6. The normalized spacial score (nSPS) is 15.2. The number of thioether (sulfide) groups is 1. The Morgan fingerprint density at radius 2 is 2.15 bits per heavy atom. The first-order valence-corrected chi connectivity index (χ1v) is 9.69. The summed E-state index contributed by atoms with van der Waals surface area (Å²) in [6.07, 6.45) is 2.97. The van der Waals surface area contributed by atoms with E-state index >= 15 is 0 Å². The Labute approximate surface area is 155 Å². The van der Waals surface area contributed by atoms with Gasteiger partial charge in [-0.05, 0) is 32.3 Å². The minimum Gasteiger partial charge on any atom is -0.360 e. The number of para-hydroxylation sites is 1. The van der Waals surface area contributed by atoms with Crippen molar-refractivity contribution in [3.05, 3.63) is 41.9 Å². The standard InChI is InChI=1S/C19H20N4O2S/c1-3-15(18(24)21-16-10-11(2)25-23-16)26-19-13-6-4-5-7-14(13)20-17(22-19)12-8-9-12/h4-7,10,12,15H,3,8-9H2,1-2H3,(H,21,23,24)/t15-/m0/s1. The van der Waals surface area contributed by atoms with Crippen LogP contribution in [0.15, 0.2) is 39.9 Å². The molecular weight excluding hydrogens is 348 g/mol. The number of aromatic nitrogens is 3. The summed E-state index contributed by atoms with van der Waals surface area (Å²) in [7, 11) is 0. The molecule has 26 heavy (non-hydrogen) atoms. The number of rotatable bonds is 6. The highest BCUT2D eigenvalue weighted by molar-refractivity contribution is 8.00. The highest BCUT2D eigenvalue weighted by Gasteiger charge is 2.28. The van der Waals surface area contributed by atoms with Gasteiger partial charge in [-0.25, -0.2) is 9.97 Å². The predicted octanol–water partition coefficient (Wildman–Crippen LogP) is 4.31. The number of hydrogen-bond acceptors (Lipinski definition) is 6. The maximum Gasteiger partial charge on any atom is 0.239 e. The number of hydrogen-bond donors (Lipinski definition) is 1. The van der Waals surface area contributed by atoms with Crippen LogP contribution in [0.4, 0.5) is 5.82 Å². The van der Waals surface area contributed by atoms with E-state index in [1.54, 1.807) is 13.0 Å². The molecule has 0 spiro atoms. The Morgan fingerprint density at radius 3 is 2.85 bits per heavy atom. The highest BCUT2D eigenvalue weighted by atomic mass is 32.2. The molecule has 1 amide bonds. The average Bonchev–Trinajstić information content (AvgIpc) is 3.42. The second-order valence-corrected chi connectivity index (χ2v) is 7.70. The van der Waals surface area contributed by atoms with E-state index in [4.69, 9.17) is 14.5 Å². The van der Waals surface area contributed by atoms with Crippen LogP contribution in [0, 0.1) is 6.92 Å². The summed E-state index contributed by atoms with van der Waals surface area (Å²) >= 11 is 1.49. The largest absolute Gasteiger partial charge is 0.360 e. The lowest BCUT2D eigenvalue weighted by Gasteiger charge is -2.15. The topological polar surface area (TPSA) is 80.9 Å². The number of nitrogens with zero attached hydrogens (tertiary/aromatic N) is 3. The van der Waals surface area contributed by atoms with Crippen LogP contribution in [0.3, 0.4) is 0 Å². The molecule has 1 saturated carbocycles. The number of carbonyl (C=O) groups is 1. The van der Waals surface area contributed by atoms with Gasteiger partial charge in [-0.2, -0.15) is 0 Å². The van der Waals surface area contributed by atoms with E-state index in [0.29, 0.717) is 23.9 Å². The van der Waals surface area contributed by atoms with E-state index < -0.39 is 0 Å². The molecule has 7 heteroatoms. The van der Waals surface area contributed by atoms with Crippen molar-refractivity contribution in [3.63, 3.8) is 0 Å². The van der Waals surface area contributed by atoms with E-state index in [0.717, 1.165) is 34.6 Å². The van der Waals surface area contributed by atoms with E-state index in [2.05, 4.69) is 10.5 Å². The Hall–Kier alpha value is -2.41. The van der Waals surface area contributed by atoms with Gasteiger partial charge in [0.2, 0.25) is 5.91 Å². The van der Waals surface area contributed by atoms with Crippen molar-refractivity contribution >= 4 is 34.4 Å². The molecule has 2 aromatic heterocycles. The maximum atomic E-state index is 12.7. The van der Waals surface area contributed by atoms with Crippen LogP contribution < -0.4 is 5.32 Å². The summed E-state index contributed by atoms with van der Waals surface area (Å²) in [5.41, 5.74) is 0.939. The molecule has 0 bridgehead atoms. The van der Waals surface area contributed by atoms with Crippen LogP contribution in [0.2, 0.25) is 0 Å². The lowest BCUT2D eigenvalue weighted by Crippen LogP contribution is -2.25. The third kappa shape index (κ3) is 3.58. The Morgan fingerprint density at radius 1 is 1.35 bits per heavy atom. The van der Waals surface area contributed by atoms with E-state index in [1.165, 1.54) is 11.8 Å². The van der Waals surface area contributed by atoms with E-state index in [-0.39, 0.29) is 11.2 Å². The van der Waals surface area contributed by atoms with E-state index in [9.17, 15) is 4.79 Å². The van der Waals surface area contributed by atoms with Gasteiger partial charge < -0.3 is 9.84 Å². The molecule has 0 aliphatic heterocycles. The third-order valence-electron chi connectivity index (χ3n) is 4.32. The van der Waals surface area contributed by atoms with Crippen LogP contribution in [0.1, 0.15) is 43.7 Å². The van der Waals surface area contributed by atoms with Gasteiger partial charge in [-0.1, -0.05) is 42.0 Å². The highest BCUT2D eigenvalue weighted by Crippen LogP contribution is 2.40. The molecule has 0 unspecified atom stereocenters. The number of amides is 1. The summed E-state index contributed by atoms with van der Waals surface area (Å²) < 4.78 is 5.01. The van der Waals surface area contributed by atoms with Crippen molar-refractivity contribution in [1.29, 1.82) is 0 Å². The minimum absolute atomic E-state index is 0.0959. The zero-order valence-corrected chi connectivity index (χ0v) is 15.5. The maximum absolute atomic E-state index is 12.7. The van der Waals surface area contributed by atoms with Gasteiger partial charge in [0.25, 0.3) is 0 Å². The van der Waals surface area contributed by atoms with Crippen LogP contribution in [-0.2, 0) is 4.79 Å². The van der Waals surface area contributed by atoms with Crippen LogP contribution in [-0.4, -0.2) is 26.3 Å². The quantitative estimate of drug-likeness (QED) is 0.516. The molecule has 2 heterocycles. The second-order valence-electron chi connectivity index (χ2n) is 6.51. The summed E-state index contributed by atoms with van der Waals surface area (Å²) in [5, 5.41) is 8.25. The molecule has 1 aliphatic rings. The molecule has 0 radical (unpaired) electrons. The zero-order chi connectivity index (χ0) is 18.1. The summed E-state index contributed by atoms with van der Waals surface area (Å²) in [6.45, 7) is 3.79. The molecule has 1 aliphatic carbocycles. The number of nitrogens with one attached hydrogen (secondary N) is 1. The van der Waals surface area contributed by atoms with Crippen molar-refractivity contribution in [2.45, 2.75) is 49.3 Å². The molecule has 3 aromatic rings. The molecule has 0 saturated heterocycles. The van der Waals surface area contributed by atoms with Gasteiger partial charge in [0, 0.05) is 17.4 Å². The molecular formula is C19H20N4O2S. The fourth-order valence-corrected chi connectivity index (χ4v) is 3.82. The molecule has 1 N–H and O–H groups in total. The van der Waals surface area contributed by atoms with Gasteiger partial charge in [0.15, 0.2) is 5.82 Å². The lowest BCUT2D eigenvalue weighted by molar-refractivity contribution is -0.115.